The van der Waals surface area contributed by atoms with E-state index < -0.39 is 35.3 Å². The van der Waals surface area contributed by atoms with Crippen molar-refractivity contribution >= 4 is 23.1 Å². The van der Waals surface area contributed by atoms with Gasteiger partial charge in [-0.3, -0.25) is 13.9 Å². The molecule has 1 aliphatic heterocycles. The van der Waals surface area contributed by atoms with Gasteiger partial charge in [0.25, 0.3) is 11.9 Å². The molecule has 1 aliphatic carbocycles. The van der Waals surface area contributed by atoms with Gasteiger partial charge in [0, 0.05) is 31.2 Å². The molecule has 0 saturated heterocycles. The first-order chi connectivity index (χ1) is 18.4. The lowest BCUT2D eigenvalue weighted by Gasteiger charge is -2.36. The van der Waals surface area contributed by atoms with Crippen LogP contribution in [-0.4, -0.2) is 32.6 Å². The zero-order valence-electron chi connectivity index (χ0n) is 20.9. The fourth-order valence-electron chi connectivity index (χ4n) is 4.75. The summed E-state index contributed by atoms with van der Waals surface area (Å²) >= 11 is 6.02. The van der Waals surface area contributed by atoms with E-state index in [2.05, 4.69) is 10.1 Å². The van der Waals surface area contributed by atoms with Gasteiger partial charge in [-0.25, -0.2) is 4.79 Å². The lowest BCUT2D eigenvalue weighted by molar-refractivity contribution is -0.274. The zero-order valence-corrected chi connectivity index (χ0v) is 21.6. The first-order valence-corrected chi connectivity index (χ1v) is 12.7. The van der Waals surface area contributed by atoms with E-state index in [9.17, 15) is 27.9 Å². The van der Waals surface area contributed by atoms with Gasteiger partial charge in [-0.1, -0.05) is 29.8 Å². The molecule has 1 fully saturated rings. The molecule has 1 aromatic heterocycles. The topological polar surface area (TPSA) is 98.0 Å². The van der Waals surface area contributed by atoms with Crippen molar-refractivity contribution in [1.29, 1.82) is 0 Å². The Morgan fingerprint density at radius 1 is 1.13 bits per heavy atom. The Morgan fingerprint density at radius 3 is 2.46 bits per heavy atom. The van der Waals surface area contributed by atoms with Gasteiger partial charge in [0.2, 0.25) is 0 Å². The average molecular weight is 567 g/mol. The van der Waals surface area contributed by atoms with Gasteiger partial charge in [-0.2, -0.15) is 0 Å². The Morgan fingerprint density at radius 2 is 1.82 bits per heavy atom. The van der Waals surface area contributed by atoms with E-state index in [1.54, 1.807) is 29.2 Å². The average Bonchev–Trinajstić information content (AvgIpc) is 3.20. The zero-order chi connectivity index (χ0) is 27.9. The molecule has 1 unspecified atom stereocenters. The summed E-state index contributed by atoms with van der Waals surface area (Å²) in [6, 6.07) is 11.9. The molecule has 1 atom stereocenters. The molecular weight excluding hydrogens is 541 g/mol. The number of halogens is 4. The SMILES string of the molecule is Cn1c2c(c(=O)n(CCC3(O)CCC3)c1=O)N(Cc1ccc(Cl)cc1)C(Oc1cccc(OC(F)(F)F)c1)N2. The first-order valence-electron chi connectivity index (χ1n) is 12.3. The van der Waals surface area contributed by atoms with Crippen LogP contribution < -0.4 is 30.9 Å². The van der Waals surface area contributed by atoms with Crippen LogP contribution in [0, 0.1) is 0 Å². The number of anilines is 2. The predicted octanol–water partition coefficient (Wildman–Crippen LogP) is 4.20. The quantitative estimate of drug-likeness (QED) is 0.422. The third kappa shape index (κ3) is 5.71. The van der Waals surface area contributed by atoms with Crippen LogP contribution in [0.4, 0.5) is 24.7 Å². The lowest BCUT2D eigenvalue weighted by atomic mass is 9.78. The predicted molar refractivity (Wildman–Crippen MR) is 138 cm³/mol. The van der Waals surface area contributed by atoms with E-state index in [1.807, 2.05) is 0 Å². The van der Waals surface area contributed by atoms with Gasteiger partial charge in [0.05, 0.1) is 5.60 Å². The first kappa shape index (κ1) is 26.9. The van der Waals surface area contributed by atoms with Crippen LogP contribution in [0.15, 0.2) is 58.1 Å². The van der Waals surface area contributed by atoms with Crippen LogP contribution in [0.25, 0.3) is 0 Å². The fourth-order valence-corrected chi connectivity index (χ4v) is 4.88. The maximum absolute atomic E-state index is 13.7. The van der Waals surface area contributed by atoms with Crippen LogP contribution >= 0.6 is 11.6 Å². The van der Waals surface area contributed by atoms with Crippen LogP contribution in [0.1, 0.15) is 31.2 Å². The smallest absolute Gasteiger partial charge is 0.452 e. The summed E-state index contributed by atoms with van der Waals surface area (Å²) in [7, 11) is 1.50. The maximum Gasteiger partial charge on any atom is 0.573 e. The summed E-state index contributed by atoms with van der Waals surface area (Å²) in [4.78, 5) is 28.4. The summed E-state index contributed by atoms with van der Waals surface area (Å²) in [5.41, 5.74) is -1.11. The highest BCUT2D eigenvalue weighted by Crippen LogP contribution is 2.36. The van der Waals surface area contributed by atoms with Gasteiger partial charge in [-0.15, -0.1) is 13.2 Å². The lowest BCUT2D eigenvalue weighted by Crippen LogP contribution is -2.45. The number of aromatic nitrogens is 2. The molecule has 2 aromatic carbocycles. The van der Waals surface area contributed by atoms with Crippen LogP contribution in [0.2, 0.25) is 5.02 Å². The normalized spacial score (nSPS) is 17.8. The summed E-state index contributed by atoms with van der Waals surface area (Å²) < 4.78 is 50.6. The number of ether oxygens (including phenoxy) is 2. The highest BCUT2D eigenvalue weighted by atomic mass is 35.5. The Bertz CT molecular complexity index is 1480. The van der Waals surface area contributed by atoms with Crippen molar-refractivity contribution in [1.82, 2.24) is 9.13 Å². The summed E-state index contributed by atoms with van der Waals surface area (Å²) in [5, 5.41) is 14.1. The summed E-state index contributed by atoms with van der Waals surface area (Å²) in [6.45, 7) is 0.185. The summed E-state index contributed by atoms with van der Waals surface area (Å²) in [5.74, 6) is -0.227. The standard InChI is InChI=1S/C26H26ClF3N4O5/c1-32-21-20(22(35)33(24(32)36)13-12-25(37)10-3-11-25)34(15-16-6-8-17(27)9-7-16)23(31-21)38-18-4-2-5-19(14-18)39-26(28,29)30/h2,4-9,14,23,31,37H,3,10-13,15H2,1H3. The van der Waals surface area contributed by atoms with Crippen molar-refractivity contribution in [3.63, 3.8) is 0 Å². The molecular formula is C26H26ClF3N4O5. The third-order valence-corrected chi connectivity index (χ3v) is 7.25. The largest absolute Gasteiger partial charge is 0.573 e. The molecule has 0 spiro atoms. The van der Waals surface area contributed by atoms with Crippen molar-refractivity contribution in [2.75, 3.05) is 10.2 Å². The molecule has 2 aliphatic rings. The number of aliphatic hydroxyl groups is 1. The van der Waals surface area contributed by atoms with Gasteiger partial charge < -0.3 is 24.8 Å². The van der Waals surface area contributed by atoms with Crippen LogP contribution in [-0.2, 0) is 20.1 Å². The van der Waals surface area contributed by atoms with E-state index in [0.717, 1.165) is 28.7 Å². The number of fused-ring (bicyclic) bond motifs is 1. The number of benzene rings is 2. The molecule has 9 nitrogen and oxygen atoms in total. The van der Waals surface area contributed by atoms with E-state index in [4.69, 9.17) is 16.3 Å². The Hall–Kier alpha value is -3.64. The van der Waals surface area contributed by atoms with Crippen molar-refractivity contribution in [3.05, 3.63) is 80.0 Å². The minimum absolute atomic E-state index is 0.0341. The molecule has 1 saturated carbocycles. The van der Waals surface area contributed by atoms with E-state index >= 15 is 0 Å². The van der Waals surface area contributed by atoms with Crippen LogP contribution in [0.3, 0.4) is 0 Å². The summed E-state index contributed by atoms with van der Waals surface area (Å²) in [6.07, 6.45) is -3.55. The monoisotopic (exact) mass is 566 g/mol. The molecule has 0 amide bonds. The Balaban J connectivity index is 1.51. The molecule has 5 rings (SSSR count). The molecule has 208 valence electrons. The molecule has 0 radical (unpaired) electrons. The molecule has 39 heavy (non-hydrogen) atoms. The van der Waals surface area contributed by atoms with Crippen LogP contribution in [0.5, 0.6) is 11.5 Å². The number of nitrogens with zero attached hydrogens (tertiary/aromatic N) is 3. The minimum Gasteiger partial charge on any atom is -0.452 e. The second-order valence-corrected chi connectivity index (χ2v) is 10.2. The van der Waals surface area contributed by atoms with Gasteiger partial charge in [-0.05, 0) is 55.5 Å². The number of rotatable bonds is 8. The fraction of sp³-hybridized carbons (Fsp3) is 0.385. The number of hydrogen-bond donors (Lipinski definition) is 2. The van der Waals surface area contributed by atoms with Gasteiger partial charge in [0.1, 0.15) is 23.0 Å². The number of hydrogen-bond acceptors (Lipinski definition) is 7. The van der Waals surface area contributed by atoms with Crippen molar-refractivity contribution in [2.24, 2.45) is 7.05 Å². The van der Waals surface area contributed by atoms with Crippen molar-refractivity contribution in [3.8, 4) is 11.5 Å². The van der Waals surface area contributed by atoms with Crippen molar-refractivity contribution in [2.45, 2.75) is 57.1 Å². The molecule has 3 aromatic rings. The molecule has 2 N–H and O–H groups in total. The molecule has 13 heteroatoms. The van der Waals surface area contributed by atoms with E-state index in [-0.39, 0.29) is 36.8 Å². The van der Waals surface area contributed by atoms with E-state index in [0.29, 0.717) is 17.9 Å². The molecule has 0 bridgehead atoms. The van der Waals surface area contributed by atoms with Gasteiger partial charge >= 0.3 is 12.1 Å². The van der Waals surface area contributed by atoms with Gasteiger partial charge in [0.15, 0.2) is 0 Å². The Kier molecular flexibility index (Phi) is 7.02. The second-order valence-electron chi connectivity index (χ2n) is 9.72. The minimum atomic E-state index is -4.88. The van der Waals surface area contributed by atoms with E-state index in [1.165, 1.54) is 23.7 Å². The second kappa shape index (κ2) is 10.2. The Labute approximate surface area is 225 Å². The number of nitrogens with one attached hydrogen (secondary N) is 1. The highest BCUT2D eigenvalue weighted by Gasteiger charge is 2.38. The number of alkyl halides is 3. The maximum atomic E-state index is 13.7. The highest BCUT2D eigenvalue weighted by molar-refractivity contribution is 6.30. The third-order valence-electron chi connectivity index (χ3n) is 6.99. The van der Waals surface area contributed by atoms with Crippen molar-refractivity contribution < 1.29 is 27.8 Å². The molecule has 2 heterocycles.